The number of aliphatic imine (C=N–C) groups is 1. The first-order chi connectivity index (χ1) is 16.7. The second-order valence-corrected chi connectivity index (χ2v) is 11.1. The highest BCUT2D eigenvalue weighted by molar-refractivity contribution is 6.31. The van der Waals surface area contributed by atoms with Crippen LogP contribution >= 0.6 is 11.6 Å². The van der Waals surface area contributed by atoms with Gasteiger partial charge in [0.15, 0.2) is 0 Å². The largest absolute Gasteiger partial charge is 0.388 e. The van der Waals surface area contributed by atoms with Crippen LogP contribution in [0.1, 0.15) is 38.5 Å². The summed E-state index contributed by atoms with van der Waals surface area (Å²) >= 11 is 6.14. The van der Waals surface area contributed by atoms with Gasteiger partial charge in [0.2, 0.25) is 0 Å². The van der Waals surface area contributed by atoms with Crippen molar-refractivity contribution >= 4 is 17.8 Å². The van der Waals surface area contributed by atoms with Crippen molar-refractivity contribution in [1.82, 2.24) is 25.1 Å². The fourth-order valence-corrected chi connectivity index (χ4v) is 5.95. The second-order valence-electron chi connectivity index (χ2n) is 10.7. The van der Waals surface area contributed by atoms with Gasteiger partial charge in [-0.05, 0) is 75.8 Å². The molecule has 6 nitrogen and oxygen atoms in total. The third-order valence-electron chi connectivity index (χ3n) is 8.02. The number of hydrazine groups is 1. The van der Waals surface area contributed by atoms with Gasteiger partial charge in [0, 0.05) is 81.8 Å². The molecule has 0 radical (unpaired) electrons. The van der Waals surface area contributed by atoms with E-state index in [1.807, 2.05) is 18.4 Å². The maximum Gasteiger partial charge on any atom is 0.0814 e. The van der Waals surface area contributed by atoms with Gasteiger partial charge in [0.25, 0.3) is 0 Å². The average molecular weight is 487 g/mol. The summed E-state index contributed by atoms with van der Waals surface area (Å²) in [5, 5.41) is 9.81. The van der Waals surface area contributed by atoms with Crippen molar-refractivity contribution in [2.75, 3.05) is 72.0 Å². The van der Waals surface area contributed by atoms with Crippen molar-refractivity contribution in [2.24, 2.45) is 16.8 Å². The molecule has 0 spiro atoms. The number of hydrogen-bond acceptors (Lipinski definition) is 6. The zero-order valence-corrected chi connectivity index (χ0v) is 21.5. The summed E-state index contributed by atoms with van der Waals surface area (Å²) in [6.07, 6.45) is 18.4. The maximum absolute atomic E-state index is 6.14. The molecule has 0 aromatic rings. The van der Waals surface area contributed by atoms with Crippen LogP contribution in [-0.2, 0) is 0 Å². The smallest absolute Gasteiger partial charge is 0.0814 e. The lowest BCUT2D eigenvalue weighted by Crippen LogP contribution is -2.48. The summed E-state index contributed by atoms with van der Waals surface area (Å²) in [5.41, 5.74) is 1.27. The summed E-state index contributed by atoms with van der Waals surface area (Å²) in [6.45, 7) is 13.5. The highest BCUT2D eigenvalue weighted by atomic mass is 35.5. The van der Waals surface area contributed by atoms with Gasteiger partial charge in [-0.15, -0.1) is 0 Å². The third-order valence-corrected chi connectivity index (χ3v) is 8.27. The van der Waals surface area contributed by atoms with Crippen LogP contribution in [0.5, 0.6) is 0 Å². The predicted octanol–water partition coefficient (Wildman–Crippen LogP) is 3.34. The van der Waals surface area contributed by atoms with E-state index in [1.165, 1.54) is 110 Å². The van der Waals surface area contributed by atoms with Gasteiger partial charge >= 0.3 is 0 Å². The average Bonchev–Trinajstić information content (AvgIpc) is 3.50. The van der Waals surface area contributed by atoms with E-state index in [9.17, 15) is 0 Å². The molecule has 3 aliphatic heterocycles. The zero-order valence-electron chi connectivity index (χ0n) is 20.8. The molecule has 2 saturated heterocycles. The summed E-state index contributed by atoms with van der Waals surface area (Å²) in [6, 6.07) is 0.147. The Kier molecular flexibility index (Phi) is 8.78. The predicted molar refractivity (Wildman–Crippen MR) is 142 cm³/mol. The number of rotatable bonds is 12. The number of dihydropyridines is 1. The van der Waals surface area contributed by atoms with Crippen LogP contribution in [0.15, 0.2) is 40.0 Å². The van der Waals surface area contributed by atoms with Crippen molar-refractivity contribution in [3.63, 3.8) is 0 Å². The number of hydrogen-bond donors (Lipinski definition) is 1. The van der Waals surface area contributed by atoms with Crippen molar-refractivity contribution < 1.29 is 0 Å². The standard InChI is InChI=1S/C27H43ClN6/c28-24-7-8-25-26(9-11-30-27(25)21-24)29-10-3-12-31-17-19-32(20-18-31)13-4-16-34(22-23-5-6-23)33-14-1-2-15-33/h7-9,11,21,23,25,27,29H,1-6,10,12-20,22H2. The highest BCUT2D eigenvalue weighted by Gasteiger charge is 2.28. The minimum absolute atomic E-state index is 0.147. The first-order valence-corrected chi connectivity index (χ1v) is 14.1. The van der Waals surface area contributed by atoms with Crippen molar-refractivity contribution in [3.05, 3.63) is 35.0 Å². The van der Waals surface area contributed by atoms with Gasteiger partial charge in [-0.3, -0.25) is 4.99 Å². The van der Waals surface area contributed by atoms with Gasteiger partial charge in [0.1, 0.15) is 0 Å². The lowest BCUT2D eigenvalue weighted by atomic mass is 9.90. The summed E-state index contributed by atoms with van der Waals surface area (Å²) in [7, 11) is 0. The van der Waals surface area contributed by atoms with Crippen molar-refractivity contribution in [2.45, 2.75) is 44.6 Å². The SMILES string of the molecule is ClC1=CC2N=CC=C(NCCCN3CCN(CCCN(CC4CC4)N4CCCC4)CC3)C2C=C1. The lowest BCUT2D eigenvalue weighted by molar-refractivity contribution is -0.0114. The summed E-state index contributed by atoms with van der Waals surface area (Å²) in [5.74, 6) is 1.29. The number of halogens is 1. The van der Waals surface area contributed by atoms with Crippen LogP contribution in [0.3, 0.4) is 0 Å². The van der Waals surface area contributed by atoms with Crippen molar-refractivity contribution in [3.8, 4) is 0 Å². The topological polar surface area (TPSA) is 37.4 Å². The molecule has 0 bridgehead atoms. The van der Waals surface area contributed by atoms with E-state index in [0.717, 1.165) is 17.5 Å². The molecule has 3 fully saturated rings. The van der Waals surface area contributed by atoms with E-state index in [-0.39, 0.29) is 6.04 Å². The van der Waals surface area contributed by atoms with E-state index in [2.05, 4.69) is 42.3 Å². The molecule has 188 valence electrons. The van der Waals surface area contributed by atoms with E-state index in [0.29, 0.717) is 5.92 Å². The van der Waals surface area contributed by atoms with Gasteiger partial charge in [-0.1, -0.05) is 17.7 Å². The van der Waals surface area contributed by atoms with E-state index >= 15 is 0 Å². The molecular weight excluding hydrogens is 444 g/mol. The maximum atomic E-state index is 6.14. The van der Waals surface area contributed by atoms with Crippen LogP contribution in [0.2, 0.25) is 0 Å². The van der Waals surface area contributed by atoms with Crippen LogP contribution < -0.4 is 5.32 Å². The van der Waals surface area contributed by atoms with E-state index in [1.54, 1.807) is 0 Å². The number of nitrogens with zero attached hydrogens (tertiary/aromatic N) is 5. The number of nitrogens with one attached hydrogen (secondary N) is 1. The van der Waals surface area contributed by atoms with Gasteiger partial charge < -0.3 is 15.1 Å². The summed E-state index contributed by atoms with van der Waals surface area (Å²) < 4.78 is 0. The molecule has 5 aliphatic rings. The van der Waals surface area contributed by atoms with Gasteiger partial charge in [-0.2, -0.15) is 0 Å². The van der Waals surface area contributed by atoms with Crippen LogP contribution in [0.25, 0.3) is 0 Å². The quantitative estimate of drug-likeness (QED) is 0.428. The second kappa shape index (κ2) is 12.2. The first kappa shape index (κ1) is 24.5. The van der Waals surface area contributed by atoms with Gasteiger partial charge in [0.05, 0.1) is 6.04 Å². The number of piperazine rings is 1. The molecule has 3 heterocycles. The Labute approximate surface area is 211 Å². The third kappa shape index (κ3) is 6.94. The molecule has 7 heteroatoms. The minimum atomic E-state index is 0.147. The molecule has 0 aromatic carbocycles. The molecule has 2 unspecified atom stereocenters. The monoisotopic (exact) mass is 486 g/mol. The lowest BCUT2D eigenvalue weighted by Gasteiger charge is -2.36. The molecule has 2 aliphatic carbocycles. The Balaban J connectivity index is 0.943. The van der Waals surface area contributed by atoms with Crippen LogP contribution in [-0.4, -0.2) is 104 Å². The van der Waals surface area contributed by atoms with Gasteiger partial charge in [-0.25, -0.2) is 10.0 Å². The number of allylic oxidation sites excluding steroid dienone is 3. The summed E-state index contributed by atoms with van der Waals surface area (Å²) in [4.78, 5) is 9.89. The molecule has 34 heavy (non-hydrogen) atoms. The Morgan fingerprint density at radius 1 is 1.00 bits per heavy atom. The van der Waals surface area contributed by atoms with Crippen LogP contribution in [0.4, 0.5) is 0 Å². The zero-order chi connectivity index (χ0) is 23.2. The Bertz CT molecular complexity index is 774. The van der Waals surface area contributed by atoms with Crippen LogP contribution in [0, 0.1) is 11.8 Å². The molecule has 5 rings (SSSR count). The Hall–Kier alpha value is -1.18. The highest BCUT2D eigenvalue weighted by Crippen LogP contribution is 2.31. The minimum Gasteiger partial charge on any atom is -0.388 e. The molecule has 0 aromatic heterocycles. The normalized spacial score (nSPS) is 28.3. The molecule has 0 amide bonds. The van der Waals surface area contributed by atoms with E-state index in [4.69, 9.17) is 11.6 Å². The fraction of sp³-hybridized carbons (Fsp3) is 0.741. The van der Waals surface area contributed by atoms with Crippen molar-refractivity contribution in [1.29, 1.82) is 0 Å². The fourth-order valence-electron chi connectivity index (χ4n) is 5.74. The Morgan fingerprint density at radius 3 is 2.47 bits per heavy atom. The first-order valence-electron chi connectivity index (χ1n) is 13.7. The molecule has 2 atom stereocenters. The van der Waals surface area contributed by atoms with E-state index < -0.39 is 0 Å². The number of fused-ring (bicyclic) bond motifs is 1. The molecule has 1 saturated carbocycles. The molecule has 1 N–H and O–H groups in total. The molecular formula is C27H43ClN6. The Morgan fingerprint density at radius 2 is 1.74 bits per heavy atom.